The highest BCUT2D eigenvalue weighted by molar-refractivity contribution is 7.85. The molecule has 3 rings (SSSR count). The zero-order chi connectivity index (χ0) is 20.3. The van der Waals surface area contributed by atoms with E-state index in [0.717, 1.165) is 22.2 Å². The molecule has 0 bridgehead atoms. The molecule has 0 aliphatic rings. The molecule has 7 heteroatoms. The van der Waals surface area contributed by atoms with E-state index in [1.54, 1.807) is 6.07 Å². The van der Waals surface area contributed by atoms with Crippen LogP contribution in [0.15, 0.2) is 66.1 Å². The molecule has 3 aromatic carbocycles. The van der Waals surface area contributed by atoms with E-state index >= 15 is 0 Å². The fraction of sp³-hybridized carbons (Fsp3) is 0.190. The lowest BCUT2D eigenvalue weighted by Gasteiger charge is -2.18. The van der Waals surface area contributed by atoms with Crippen molar-refractivity contribution >= 4 is 37.6 Å². The topological polar surface area (TPSA) is 89.9 Å². The van der Waals surface area contributed by atoms with Crippen molar-refractivity contribution in [3.8, 4) is 5.75 Å². The Morgan fingerprint density at radius 2 is 1.86 bits per heavy atom. The van der Waals surface area contributed by atoms with Crippen LogP contribution in [-0.2, 0) is 19.6 Å². The van der Waals surface area contributed by atoms with Crippen molar-refractivity contribution in [2.24, 2.45) is 0 Å². The van der Waals surface area contributed by atoms with E-state index in [1.807, 2.05) is 37.3 Å². The fourth-order valence-corrected chi connectivity index (χ4v) is 3.45. The van der Waals surface area contributed by atoms with Gasteiger partial charge in [-0.05, 0) is 35.4 Å². The van der Waals surface area contributed by atoms with Gasteiger partial charge in [-0.3, -0.25) is 4.55 Å². The predicted octanol–water partition coefficient (Wildman–Crippen LogP) is 4.13. The van der Waals surface area contributed by atoms with Crippen LogP contribution >= 0.6 is 0 Å². The molecule has 0 spiro atoms. The summed E-state index contributed by atoms with van der Waals surface area (Å²) in [6.07, 6.45) is 1.15. The van der Waals surface area contributed by atoms with Gasteiger partial charge in [0.2, 0.25) is 0 Å². The summed E-state index contributed by atoms with van der Waals surface area (Å²) < 4.78 is 43.8. The third-order valence-electron chi connectivity index (χ3n) is 4.40. The molecule has 0 radical (unpaired) electrons. The molecule has 1 atom stereocenters. The molecule has 0 heterocycles. The molecule has 0 aliphatic carbocycles. The number of rotatable bonds is 7. The molecule has 0 amide bonds. The lowest BCUT2D eigenvalue weighted by Crippen LogP contribution is -2.23. The van der Waals surface area contributed by atoms with Crippen LogP contribution in [0.5, 0.6) is 5.75 Å². The fourth-order valence-electron chi connectivity index (χ4n) is 2.94. The Balaban J connectivity index is 2.10. The molecule has 0 fully saturated rings. The Morgan fingerprint density at radius 1 is 1.14 bits per heavy atom. The van der Waals surface area contributed by atoms with Gasteiger partial charge in [0, 0.05) is 16.8 Å². The van der Waals surface area contributed by atoms with Crippen molar-refractivity contribution in [2.75, 3.05) is 6.61 Å². The first kappa shape index (κ1) is 19.9. The van der Waals surface area contributed by atoms with E-state index in [1.165, 1.54) is 12.1 Å². The summed E-state index contributed by atoms with van der Waals surface area (Å²) in [5.41, 5.74) is 0. The second-order valence-corrected chi connectivity index (χ2v) is 7.69. The lowest BCUT2D eigenvalue weighted by atomic mass is 10.0. The molecule has 0 aromatic heterocycles. The van der Waals surface area contributed by atoms with E-state index in [-0.39, 0.29) is 11.5 Å². The van der Waals surface area contributed by atoms with Crippen molar-refractivity contribution in [1.82, 2.24) is 0 Å². The monoisotopic (exact) mass is 400 g/mol. The SMILES string of the molecule is C=CC(=O)OC(CC)COc1c2ccccc2cc2ccc(S(=O)(=O)O)cc12. The Kier molecular flexibility index (Phi) is 5.67. The first-order chi connectivity index (χ1) is 13.3. The highest BCUT2D eigenvalue weighted by Gasteiger charge is 2.17. The van der Waals surface area contributed by atoms with E-state index in [0.29, 0.717) is 17.6 Å². The van der Waals surface area contributed by atoms with Crippen molar-refractivity contribution in [3.63, 3.8) is 0 Å². The van der Waals surface area contributed by atoms with Crippen molar-refractivity contribution in [3.05, 3.63) is 61.2 Å². The molecule has 0 saturated heterocycles. The largest absolute Gasteiger partial charge is 0.488 e. The van der Waals surface area contributed by atoms with E-state index < -0.39 is 22.2 Å². The molecule has 6 nitrogen and oxygen atoms in total. The van der Waals surface area contributed by atoms with Gasteiger partial charge in [0.25, 0.3) is 10.1 Å². The van der Waals surface area contributed by atoms with E-state index in [4.69, 9.17) is 9.47 Å². The van der Waals surface area contributed by atoms with Gasteiger partial charge in [-0.15, -0.1) is 0 Å². The standard InChI is InChI=1S/C21H20O6S/c1-3-16(27-20(22)4-2)13-26-21-18-8-6-5-7-14(18)11-15-9-10-17(12-19(15)21)28(23,24)25/h4-12,16H,2-3,13H2,1H3,(H,23,24,25). The molecular weight excluding hydrogens is 380 g/mol. The molecule has 3 aromatic rings. The summed E-state index contributed by atoms with van der Waals surface area (Å²) in [6, 6.07) is 13.8. The van der Waals surface area contributed by atoms with Crippen LogP contribution in [0, 0.1) is 0 Å². The first-order valence-electron chi connectivity index (χ1n) is 8.72. The zero-order valence-corrected chi connectivity index (χ0v) is 16.1. The third-order valence-corrected chi connectivity index (χ3v) is 5.25. The van der Waals surface area contributed by atoms with E-state index in [9.17, 15) is 17.8 Å². The average molecular weight is 400 g/mol. The van der Waals surface area contributed by atoms with Crippen molar-refractivity contribution < 1.29 is 27.2 Å². The van der Waals surface area contributed by atoms with Crippen LogP contribution in [0.2, 0.25) is 0 Å². The summed E-state index contributed by atoms with van der Waals surface area (Å²) in [7, 11) is -4.36. The predicted molar refractivity (Wildman–Crippen MR) is 107 cm³/mol. The quantitative estimate of drug-likeness (QED) is 0.278. The number of esters is 1. The minimum Gasteiger partial charge on any atom is -0.488 e. The zero-order valence-electron chi connectivity index (χ0n) is 15.3. The maximum Gasteiger partial charge on any atom is 0.330 e. The number of ether oxygens (including phenoxy) is 2. The van der Waals surface area contributed by atoms with Crippen LogP contribution in [-0.4, -0.2) is 31.7 Å². The maximum absolute atomic E-state index is 11.6. The van der Waals surface area contributed by atoms with Crippen molar-refractivity contribution in [2.45, 2.75) is 24.3 Å². The average Bonchev–Trinajstić information content (AvgIpc) is 2.68. The summed E-state index contributed by atoms with van der Waals surface area (Å²) in [4.78, 5) is 11.3. The molecule has 146 valence electrons. The molecule has 0 aliphatic heterocycles. The minimum atomic E-state index is -4.36. The number of fused-ring (bicyclic) bond motifs is 2. The number of carbonyl (C=O) groups excluding carboxylic acids is 1. The highest BCUT2D eigenvalue weighted by atomic mass is 32.2. The van der Waals surface area contributed by atoms with Gasteiger partial charge in [-0.1, -0.05) is 43.8 Å². The van der Waals surface area contributed by atoms with Crippen LogP contribution in [0.3, 0.4) is 0 Å². The maximum atomic E-state index is 11.6. The van der Waals surface area contributed by atoms with Gasteiger partial charge >= 0.3 is 5.97 Å². The Bertz CT molecular complexity index is 1150. The highest BCUT2D eigenvalue weighted by Crippen LogP contribution is 2.36. The summed E-state index contributed by atoms with van der Waals surface area (Å²) in [6.45, 7) is 5.34. The summed E-state index contributed by atoms with van der Waals surface area (Å²) in [5.74, 6) is -0.0708. The van der Waals surface area contributed by atoms with Crippen molar-refractivity contribution in [1.29, 1.82) is 0 Å². The van der Waals surface area contributed by atoms with Gasteiger partial charge in [0.15, 0.2) is 0 Å². The third kappa shape index (κ3) is 4.16. The second-order valence-electron chi connectivity index (χ2n) is 6.27. The van der Waals surface area contributed by atoms with Gasteiger partial charge in [-0.2, -0.15) is 8.42 Å². The summed E-state index contributed by atoms with van der Waals surface area (Å²) >= 11 is 0. The van der Waals surface area contributed by atoms with Gasteiger partial charge in [0.05, 0.1) is 4.90 Å². The molecule has 1 unspecified atom stereocenters. The summed E-state index contributed by atoms with van der Waals surface area (Å²) in [5, 5.41) is 3.00. The normalized spacial score (nSPS) is 12.6. The Labute approximate surface area is 163 Å². The van der Waals surface area contributed by atoms with Gasteiger partial charge < -0.3 is 9.47 Å². The molecule has 28 heavy (non-hydrogen) atoms. The van der Waals surface area contributed by atoms with Crippen LogP contribution in [0.4, 0.5) is 0 Å². The lowest BCUT2D eigenvalue weighted by molar-refractivity contribution is -0.144. The first-order valence-corrected chi connectivity index (χ1v) is 10.2. The van der Waals surface area contributed by atoms with E-state index in [2.05, 4.69) is 6.58 Å². The molecule has 0 saturated carbocycles. The molecule has 1 N–H and O–H groups in total. The Hall–Kier alpha value is -2.90. The molecular formula is C21H20O6S. The number of benzene rings is 3. The minimum absolute atomic E-state index is 0.0925. The van der Waals surface area contributed by atoms with Crippen LogP contribution < -0.4 is 4.74 Å². The second kappa shape index (κ2) is 8.00. The number of hydrogen-bond donors (Lipinski definition) is 1. The van der Waals surface area contributed by atoms with Gasteiger partial charge in [-0.25, -0.2) is 4.79 Å². The number of carbonyl (C=O) groups is 1. The Morgan fingerprint density at radius 3 is 2.54 bits per heavy atom. The number of hydrogen-bond acceptors (Lipinski definition) is 5. The smallest absolute Gasteiger partial charge is 0.330 e. The van der Waals surface area contributed by atoms with Gasteiger partial charge in [0.1, 0.15) is 18.5 Å². The van der Waals surface area contributed by atoms with Crippen LogP contribution in [0.1, 0.15) is 13.3 Å². The van der Waals surface area contributed by atoms with Crippen LogP contribution in [0.25, 0.3) is 21.5 Å².